The molecule has 0 heterocycles. The number of nitrogens with one attached hydrogen (secondary N) is 1. The summed E-state index contributed by atoms with van der Waals surface area (Å²) in [5.74, 6) is -0.731. The number of amides is 2. The second-order valence-electron chi connectivity index (χ2n) is 10.7. The lowest BCUT2D eigenvalue weighted by molar-refractivity contribution is -0.139. The minimum absolute atomic E-state index is 0.0128. The normalized spacial score (nSPS) is 14.4. The monoisotopic (exact) mass is 629 g/mol. The standard InChI is InChI=1S/C32H37Cl2N3O4S/c1-3-29(32(39)35-26-11-7-8-12-26)36(20-19-24-9-5-4-6-10-24)31(38)22-37(30-21-25(33)15-18-28(30)34)42(40,41)27-16-13-23(2)14-17-27/h4-6,9-10,13-18,21,26,29H,3,7-8,11-12,19-20,22H2,1-2H3,(H,35,39). The first kappa shape index (κ1) is 31.9. The van der Waals surface area contributed by atoms with Crippen molar-refractivity contribution in [1.29, 1.82) is 0 Å². The zero-order chi connectivity index (χ0) is 30.3. The summed E-state index contributed by atoms with van der Waals surface area (Å²) >= 11 is 12.8. The van der Waals surface area contributed by atoms with Crippen LogP contribution in [0.3, 0.4) is 0 Å². The Morgan fingerprint density at radius 1 is 0.976 bits per heavy atom. The molecule has 1 fully saturated rings. The number of rotatable bonds is 12. The quantitative estimate of drug-likeness (QED) is 0.251. The fraction of sp³-hybridized carbons (Fsp3) is 0.375. The van der Waals surface area contributed by atoms with Gasteiger partial charge in [-0.2, -0.15) is 0 Å². The maximum atomic E-state index is 14.2. The van der Waals surface area contributed by atoms with Crippen molar-refractivity contribution < 1.29 is 18.0 Å². The van der Waals surface area contributed by atoms with Gasteiger partial charge in [-0.1, -0.05) is 91.0 Å². The van der Waals surface area contributed by atoms with Crippen LogP contribution >= 0.6 is 23.2 Å². The Hall–Kier alpha value is -3.07. The highest BCUT2D eigenvalue weighted by molar-refractivity contribution is 7.92. The van der Waals surface area contributed by atoms with Crippen LogP contribution in [-0.2, 0) is 26.0 Å². The van der Waals surface area contributed by atoms with E-state index in [9.17, 15) is 18.0 Å². The molecule has 7 nitrogen and oxygen atoms in total. The van der Waals surface area contributed by atoms with Gasteiger partial charge < -0.3 is 10.2 Å². The third kappa shape index (κ3) is 7.85. The van der Waals surface area contributed by atoms with Crippen molar-refractivity contribution in [2.75, 3.05) is 17.4 Å². The molecule has 1 aliphatic carbocycles. The Bertz CT molecular complexity index is 1480. The molecule has 0 spiro atoms. The number of carbonyl (C=O) groups excluding carboxylic acids is 2. The first-order valence-electron chi connectivity index (χ1n) is 14.3. The third-order valence-corrected chi connectivity index (χ3v) is 9.97. The molecular weight excluding hydrogens is 593 g/mol. The highest BCUT2D eigenvalue weighted by atomic mass is 35.5. The van der Waals surface area contributed by atoms with Crippen LogP contribution in [-0.4, -0.2) is 50.3 Å². The van der Waals surface area contributed by atoms with Crippen molar-refractivity contribution in [2.45, 2.75) is 69.4 Å². The predicted molar refractivity (Wildman–Crippen MR) is 169 cm³/mol. The SMILES string of the molecule is CCC(C(=O)NC1CCCC1)N(CCc1ccccc1)C(=O)CN(c1cc(Cl)ccc1Cl)S(=O)(=O)c1ccc(C)cc1. The highest BCUT2D eigenvalue weighted by Gasteiger charge is 2.35. The molecule has 1 saturated carbocycles. The minimum atomic E-state index is -4.23. The zero-order valence-electron chi connectivity index (χ0n) is 23.9. The first-order chi connectivity index (χ1) is 20.1. The molecule has 0 aromatic heterocycles. The van der Waals surface area contributed by atoms with Crippen molar-refractivity contribution in [3.05, 3.63) is 94.0 Å². The summed E-state index contributed by atoms with van der Waals surface area (Å²) in [5, 5.41) is 3.52. The van der Waals surface area contributed by atoms with E-state index in [1.807, 2.05) is 44.2 Å². The molecule has 1 N–H and O–H groups in total. The van der Waals surface area contributed by atoms with Crippen molar-refractivity contribution >= 4 is 50.7 Å². The smallest absolute Gasteiger partial charge is 0.264 e. The summed E-state index contributed by atoms with van der Waals surface area (Å²) in [7, 11) is -4.23. The van der Waals surface area contributed by atoms with Gasteiger partial charge in [0.1, 0.15) is 12.6 Å². The minimum Gasteiger partial charge on any atom is -0.352 e. The van der Waals surface area contributed by atoms with E-state index in [1.54, 1.807) is 18.2 Å². The Morgan fingerprint density at radius 2 is 1.64 bits per heavy atom. The second kappa shape index (κ2) is 14.4. The summed E-state index contributed by atoms with van der Waals surface area (Å²) in [5.41, 5.74) is 1.98. The van der Waals surface area contributed by atoms with Crippen LogP contribution in [0.1, 0.15) is 50.2 Å². The molecule has 0 aliphatic heterocycles. The maximum absolute atomic E-state index is 14.2. The fourth-order valence-electron chi connectivity index (χ4n) is 5.29. The van der Waals surface area contributed by atoms with Gasteiger partial charge in [0.15, 0.2) is 0 Å². The van der Waals surface area contributed by atoms with Gasteiger partial charge >= 0.3 is 0 Å². The Labute approximate surface area is 258 Å². The number of sulfonamides is 1. The Kier molecular flexibility index (Phi) is 10.9. The van der Waals surface area contributed by atoms with Crippen LogP contribution in [0.4, 0.5) is 5.69 Å². The molecule has 0 saturated heterocycles. The van der Waals surface area contributed by atoms with E-state index < -0.39 is 28.5 Å². The number of halogens is 2. The van der Waals surface area contributed by atoms with E-state index in [1.165, 1.54) is 29.2 Å². The molecule has 1 atom stereocenters. The molecule has 3 aromatic carbocycles. The molecule has 1 unspecified atom stereocenters. The van der Waals surface area contributed by atoms with Gasteiger partial charge in [-0.25, -0.2) is 8.42 Å². The van der Waals surface area contributed by atoms with Crippen molar-refractivity contribution in [1.82, 2.24) is 10.2 Å². The van der Waals surface area contributed by atoms with Crippen LogP contribution < -0.4 is 9.62 Å². The second-order valence-corrected chi connectivity index (χ2v) is 13.4. The molecule has 0 bridgehead atoms. The molecule has 10 heteroatoms. The molecule has 1 aliphatic rings. The molecule has 4 rings (SSSR count). The van der Waals surface area contributed by atoms with E-state index in [0.717, 1.165) is 41.1 Å². The molecule has 224 valence electrons. The number of hydrogen-bond donors (Lipinski definition) is 1. The first-order valence-corrected chi connectivity index (χ1v) is 16.5. The summed E-state index contributed by atoms with van der Waals surface area (Å²) in [6.45, 7) is 3.40. The lowest BCUT2D eigenvalue weighted by atomic mass is 10.1. The number of carbonyl (C=O) groups is 2. The largest absolute Gasteiger partial charge is 0.352 e. The number of hydrogen-bond acceptors (Lipinski definition) is 4. The van der Waals surface area contributed by atoms with Gasteiger partial charge in [0.05, 0.1) is 15.6 Å². The van der Waals surface area contributed by atoms with E-state index >= 15 is 0 Å². The van der Waals surface area contributed by atoms with Gasteiger partial charge in [0, 0.05) is 17.6 Å². The number of aryl methyl sites for hydroxylation is 1. The molecule has 3 aromatic rings. The van der Waals surface area contributed by atoms with Gasteiger partial charge in [-0.05, 0) is 68.5 Å². The van der Waals surface area contributed by atoms with E-state index in [0.29, 0.717) is 12.8 Å². The van der Waals surface area contributed by atoms with Crippen LogP contribution in [0, 0.1) is 6.92 Å². The molecule has 42 heavy (non-hydrogen) atoms. The van der Waals surface area contributed by atoms with Crippen molar-refractivity contribution in [3.8, 4) is 0 Å². The highest BCUT2D eigenvalue weighted by Crippen LogP contribution is 2.33. The summed E-state index contributed by atoms with van der Waals surface area (Å²) in [6.07, 6.45) is 4.82. The predicted octanol–water partition coefficient (Wildman–Crippen LogP) is 6.41. The summed E-state index contributed by atoms with van der Waals surface area (Å²) in [4.78, 5) is 29.2. The van der Waals surface area contributed by atoms with E-state index in [4.69, 9.17) is 23.2 Å². The Balaban J connectivity index is 1.70. The van der Waals surface area contributed by atoms with Crippen LogP contribution in [0.5, 0.6) is 0 Å². The zero-order valence-corrected chi connectivity index (χ0v) is 26.3. The van der Waals surface area contributed by atoms with Crippen molar-refractivity contribution in [2.24, 2.45) is 0 Å². The number of benzene rings is 3. The molecular formula is C32H37Cl2N3O4S. The molecule has 0 radical (unpaired) electrons. The maximum Gasteiger partial charge on any atom is 0.264 e. The summed E-state index contributed by atoms with van der Waals surface area (Å²) in [6, 6.07) is 19.9. The summed E-state index contributed by atoms with van der Waals surface area (Å²) < 4.78 is 29.0. The third-order valence-electron chi connectivity index (χ3n) is 7.64. The average Bonchev–Trinajstić information content (AvgIpc) is 3.49. The van der Waals surface area contributed by atoms with Gasteiger partial charge in [0.25, 0.3) is 10.0 Å². The van der Waals surface area contributed by atoms with Gasteiger partial charge in [-0.15, -0.1) is 0 Å². The number of anilines is 1. The molecule has 2 amide bonds. The number of nitrogens with zero attached hydrogens (tertiary/aromatic N) is 2. The average molecular weight is 631 g/mol. The van der Waals surface area contributed by atoms with E-state index in [-0.39, 0.29) is 39.1 Å². The fourth-order valence-corrected chi connectivity index (χ4v) is 7.15. The van der Waals surface area contributed by atoms with Gasteiger partial charge in [0.2, 0.25) is 11.8 Å². The lowest BCUT2D eigenvalue weighted by Crippen LogP contribution is -2.54. The lowest BCUT2D eigenvalue weighted by Gasteiger charge is -2.34. The Morgan fingerprint density at radius 3 is 2.29 bits per heavy atom. The van der Waals surface area contributed by atoms with Crippen LogP contribution in [0.2, 0.25) is 10.0 Å². The van der Waals surface area contributed by atoms with Crippen molar-refractivity contribution in [3.63, 3.8) is 0 Å². The topological polar surface area (TPSA) is 86.8 Å². The van der Waals surface area contributed by atoms with Crippen LogP contribution in [0.25, 0.3) is 0 Å². The van der Waals surface area contributed by atoms with E-state index in [2.05, 4.69) is 5.32 Å². The van der Waals surface area contributed by atoms with Gasteiger partial charge in [-0.3, -0.25) is 13.9 Å². The van der Waals surface area contributed by atoms with Crippen LogP contribution in [0.15, 0.2) is 77.7 Å².